The zero-order chi connectivity index (χ0) is 8.10. The summed E-state index contributed by atoms with van der Waals surface area (Å²) < 4.78 is 0. The number of aromatic nitrogens is 1. The second kappa shape index (κ2) is 5.48. The van der Waals surface area contributed by atoms with Gasteiger partial charge in [0, 0.05) is 12.4 Å². The molecule has 0 radical (unpaired) electrons. The Labute approximate surface area is 75.3 Å². The van der Waals surface area contributed by atoms with Crippen LogP contribution in [0.3, 0.4) is 0 Å². The van der Waals surface area contributed by atoms with Crippen LogP contribution >= 0.6 is 12.4 Å². The minimum absolute atomic E-state index is 0. The second-order valence-electron chi connectivity index (χ2n) is 1.75. The van der Waals surface area contributed by atoms with Crippen LogP contribution in [0.15, 0.2) is 24.5 Å². The van der Waals surface area contributed by atoms with E-state index >= 15 is 0 Å². The maximum atomic E-state index is 10.8. The number of hydrogen-bond acceptors (Lipinski definition) is 5. The van der Waals surface area contributed by atoms with Crippen molar-refractivity contribution in [2.45, 2.75) is 0 Å². The van der Waals surface area contributed by atoms with Crippen molar-refractivity contribution in [3.63, 3.8) is 0 Å². The van der Waals surface area contributed by atoms with Gasteiger partial charge in [0.25, 0.3) is 0 Å². The molecule has 12 heavy (non-hydrogen) atoms. The molecule has 1 aromatic heterocycles. The maximum absolute atomic E-state index is 10.8. The predicted octanol–water partition coefficient (Wildman–Crippen LogP) is 0.0385. The molecule has 0 aliphatic heterocycles. The lowest BCUT2D eigenvalue weighted by atomic mass is 10.3. The molecule has 1 heterocycles. The molecule has 5 nitrogen and oxygen atoms in total. The molecule has 0 spiro atoms. The molecule has 0 aromatic carbocycles. The Hall–Kier alpha value is -1.17. The van der Waals surface area contributed by atoms with E-state index in [1.807, 2.05) is 0 Å². The van der Waals surface area contributed by atoms with Crippen LogP contribution in [0.2, 0.25) is 0 Å². The fourth-order valence-electron chi connectivity index (χ4n) is 0.596. The number of halogens is 1. The van der Waals surface area contributed by atoms with E-state index in [0.29, 0.717) is 5.56 Å². The molecule has 0 unspecified atom stereocenters. The summed E-state index contributed by atoms with van der Waals surface area (Å²) in [6.45, 7) is 0. The Balaban J connectivity index is 0.00000121. The summed E-state index contributed by atoms with van der Waals surface area (Å²) in [4.78, 5) is 18.8. The summed E-state index contributed by atoms with van der Waals surface area (Å²) in [7, 11) is 0. The predicted molar refractivity (Wildman–Crippen MR) is 44.2 cm³/mol. The SMILES string of the molecule is Cl.NNOC(=O)c1cccnc1. The summed E-state index contributed by atoms with van der Waals surface area (Å²) in [5, 5.41) is 0. The van der Waals surface area contributed by atoms with Crippen molar-refractivity contribution in [2.24, 2.45) is 5.84 Å². The summed E-state index contributed by atoms with van der Waals surface area (Å²) >= 11 is 0. The first kappa shape index (κ1) is 10.8. The zero-order valence-corrected chi connectivity index (χ0v) is 6.88. The van der Waals surface area contributed by atoms with E-state index in [4.69, 9.17) is 5.84 Å². The normalized spacial score (nSPS) is 8.42. The number of nitrogens with one attached hydrogen (secondary N) is 1. The summed E-state index contributed by atoms with van der Waals surface area (Å²) in [5.41, 5.74) is 2.14. The van der Waals surface area contributed by atoms with Crippen LogP contribution in [0, 0.1) is 0 Å². The lowest BCUT2D eigenvalue weighted by Gasteiger charge is -1.98. The largest absolute Gasteiger partial charge is 0.359 e. The van der Waals surface area contributed by atoms with Gasteiger partial charge in [0.1, 0.15) is 0 Å². The highest BCUT2D eigenvalue weighted by Crippen LogP contribution is 1.95. The fraction of sp³-hybridized carbons (Fsp3) is 0. The minimum Gasteiger partial charge on any atom is -0.351 e. The van der Waals surface area contributed by atoms with Gasteiger partial charge < -0.3 is 4.84 Å². The molecule has 0 fully saturated rings. The van der Waals surface area contributed by atoms with E-state index in [-0.39, 0.29) is 12.4 Å². The van der Waals surface area contributed by atoms with Gasteiger partial charge >= 0.3 is 5.97 Å². The standard InChI is InChI=1S/C6H7N3O2.ClH/c7-9-11-6(10)5-2-1-3-8-4-5;/h1-4,9H,7H2;1H. The summed E-state index contributed by atoms with van der Waals surface area (Å²) in [6.07, 6.45) is 2.95. The molecular formula is C6H8ClN3O2. The molecule has 0 saturated carbocycles. The van der Waals surface area contributed by atoms with E-state index in [1.165, 1.54) is 6.20 Å². The number of carbonyl (C=O) groups excluding carboxylic acids is 1. The van der Waals surface area contributed by atoms with Crippen molar-refractivity contribution in [2.75, 3.05) is 0 Å². The van der Waals surface area contributed by atoms with Gasteiger partial charge in [0.05, 0.1) is 5.56 Å². The van der Waals surface area contributed by atoms with Crippen LogP contribution < -0.4 is 11.4 Å². The van der Waals surface area contributed by atoms with Gasteiger partial charge in [-0.05, 0) is 12.1 Å². The van der Waals surface area contributed by atoms with Gasteiger partial charge in [-0.25, -0.2) is 10.6 Å². The number of hydrogen-bond donors (Lipinski definition) is 2. The molecular weight excluding hydrogens is 182 g/mol. The molecule has 0 atom stereocenters. The molecule has 0 aliphatic carbocycles. The summed E-state index contributed by atoms with van der Waals surface area (Å²) in [5.74, 6) is 4.20. The molecule has 0 saturated heterocycles. The van der Waals surface area contributed by atoms with Gasteiger partial charge in [0.15, 0.2) is 0 Å². The van der Waals surface area contributed by atoms with E-state index < -0.39 is 5.97 Å². The zero-order valence-electron chi connectivity index (χ0n) is 6.06. The second-order valence-corrected chi connectivity index (χ2v) is 1.75. The fourth-order valence-corrected chi connectivity index (χ4v) is 0.596. The molecule has 1 rings (SSSR count). The number of pyridine rings is 1. The highest BCUT2D eigenvalue weighted by Gasteiger charge is 2.04. The summed E-state index contributed by atoms with van der Waals surface area (Å²) in [6, 6.07) is 3.21. The van der Waals surface area contributed by atoms with E-state index in [0.717, 1.165) is 0 Å². The van der Waals surface area contributed by atoms with Crippen LogP contribution in [-0.2, 0) is 4.84 Å². The average molecular weight is 190 g/mol. The highest BCUT2D eigenvalue weighted by molar-refractivity contribution is 5.88. The van der Waals surface area contributed by atoms with Gasteiger partial charge in [-0.3, -0.25) is 4.98 Å². The van der Waals surface area contributed by atoms with Crippen molar-refractivity contribution in [1.82, 2.24) is 10.6 Å². The monoisotopic (exact) mass is 189 g/mol. The molecule has 1 aromatic rings. The van der Waals surface area contributed by atoms with Crippen LogP contribution in [0.25, 0.3) is 0 Å². The molecule has 6 heteroatoms. The Kier molecular flexibility index (Phi) is 4.94. The smallest absolute Gasteiger partial charge is 0.351 e. The third-order valence-electron chi connectivity index (χ3n) is 1.05. The lowest BCUT2D eigenvalue weighted by Crippen LogP contribution is -2.26. The van der Waals surface area contributed by atoms with Crippen LogP contribution in [0.4, 0.5) is 0 Å². The van der Waals surface area contributed by atoms with Gasteiger partial charge in [-0.2, -0.15) is 0 Å². The number of nitrogens with zero attached hydrogens (tertiary/aromatic N) is 1. The van der Waals surface area contributed by atoms with Crippen molar-refractivity contribution in [3.8, 4) is 0 Å². The lowest BCUT2D eigenvalue weighted by molar-refractivity contribution is 0.0253. The topological polar surface area (TPSA) is 77.2 Å². The quantitative estimate of drug-likeness (QED) is 0.507. The maximum Gasteiger partial charge on any atom is 0.359 e. The van der Waals surface area contributed by atoms with Gasteiger partial charge in [0.2, 0.25) is 0 Å². The Bertz CT molecular complexity index is 242. The van der Waals surface area contributed by atoms with Crippen molar-refractivity contribution in [3.05, 3.63) is 30.1 Å². The number of rotatable bonds is 2. The Morgan fingerprint density at radius 3 is 2.92 bits per heavy atom. The van der Waals surface area contributed by atoms with Gasteiger partial charge in [-0.1, -0.05) is 5.59 Å². The first-order valence-corrected chi connectivity index (χ1v) is 2.91. The average Bonchev–Trinajstić information content (AvgIpc) is 2.07. The van der Waals surface area contributed by atoms with Gasteiger partial charge in [-0.15, -0.1) is 12.4 Å². The van der Waals surface area contributed by atoms with Crippen molar-refractivity contribution in [1.29, 1.82) is 0 Å². The molecule has 0 amide bonds. The number of carbonyl (C=O) groups is 1. The Morgan fingerprint density at radius 1 is 1.67 bits per heavy atom. The minimum atomic E-state index is -0.555. The third kappa shape index (κ3) is 2.83. The van der Waals surface area contributed by atoms with E-state index in [2.05, 4.69) is 9.82 Å². The van der Waals surface area contributed by atoms with E-state index in [9.17, 15) is 4.79 Å². The molecule has 3 N–H and O–H groups in total. The number of nitrogens with two attached hydrogens (primary N) is 1. The third-order valence-corrected chi connectivity index (χ3v) is 1.05. The first-order chi connectivity index (χ1) is 5.34. The Morgan fingerprint density at radius 2 is 2.42 bits per heavy atom. The molecule has 66 valence electrons. The highest BCUT2D eigenvalue weighted by atomic mass is 35.5. The van der Waals surface area contributed by atoms with E-state index in [1.54, 1.807) is 23.9 Å². The van der Waals surface area contributed by atoms with Crippen LogP contribution in [0.1, 0.15) is 10.4 Å². The van der Waals surface area contributed by atoms with Crippen LogP contribution in [-0.4, -0.2) is 11.0 Å². The van der Waals surface area contributed by atoms with Crippen molar-refractivity contribution >= 4 is 18.4 Å². The van der Waals surface area contributed by atoms with Crippen molar-refractivity contribution < 1.29 is 9.63 Å². The first-order valence-electron chi connectivity index (χ1n) is 2.91. The molecule has 0 bridgehead atoms. The molecule has 0 aliphatic rings. The van der Waals surface area contributed by atoms with Crippen LogP contribution in [0.5, 0.6) is 0 Å². The number of hydrazine groups is 1.